The van der Waals surface area contributed by atoms with E-state index in [9.17, 15) is 14.4 Å². The molecule has 1 rings (SSSR count). The van der Waals surface area contributed by atoms with Gasteiger partial charge in [-0.3, -0.25) is 14.4 Å². The fraction of sp³-hybridized carbons (Fsp3) is 0.438. The maximum absolute atomic E-state index is 11.9. The standard InChI is InChI=1S/C16H22N2O4/c1-4-5-11(2)15(20)18-13-8-6-12(7-9-13)16(21)17-10-14(19)22-3/h6-9,11H,4-5,10H2,1-3H3,(H,17,21)(H,18,20). The van der Waals surface area contributed by atoms with Crippen molar-refractivity contribution in [1.29, 1.82) is 0 Å². The average molecular weight is 306 g/mol. The molecule has 2 N–H and O–H groups in total. The molecular formula is C16H22N2O4. The summed E-state index contributed by atoms with van der Waals surface area (Å²) in [7, 11) is 1.26. The number of carbonyl (C=O) groups is 3. The molecule has 1 unspecified atom stereocenters. The van der Waals surface area contributed by atoms with Crippen LogP contribution in [0.1, 0.15) is 37.0 Å². The molecule has 6 heteroatoms. The van der Waals surface area contributed by atoms with Gasteiger partial charge in [0.05, 0.1) is 7.11 Å². The number of rotatable bonds is 7. The van der Waals surface area contributed by atoms with Crippen molar-refractivity contribution in [3.8, 4) is 0 Å². The Hall–Kier alpha value is -2.37. The quantitative estimate of drug-likeness (QED) is 0.754. The smallest absolute Gasteiger partial charge is 0.325 e. The zero-order valence-corrected chi connectivity index (χ0v) is 13.1. The predicted octanol–water partition coefficient (Wildman–Crippen LogP) is 1.96. The van der Waals surface area contributed by atoms with Crippen LogP contribution < -0.4 is 10.6 Å². The Labute approximate surface area is 130 Å². The van der Waals surface area contributed by atoms with Gasteiger partial charge < -0.3 is 15.4 Å². The van der Waals surface area contributed by atoms with Crippen LogP contribution in [-0.2, 0) is 14.3 Å². The van der Waals surface area contributed by atoms with Gasteiger partial charge in [0.1, 0.15) is 6.54 Å². The first kappa shape index (κ1) is 17.7. The van der Waals surface area contributed by atoms with E-state index in [4.69, 9.17) is 0 Å². The van der Waals surface area contributed by atoms with Crippen LogP contribution in [0.3, 0.4) is 0 Å². The van der Waals surface area contributed by atoms with Gasteiger partial charge in [-0.2, -0.15) is 0 Å². The van der Waals surface area contributed by atoms with Gasteiger partial charge in [-0.25, -0.2) is 0 Å². The Morgan fingerprint density at radius 3 is 2.36 bits per heavy atom. The molecule has 0 aliphatic heterocycles. The lowest BCUT2D eigenvalue weighted by molar-refractivity contribution is -0.139. The Balaban J connectivity index is 2.57. The number of benzene rings is 1. The number of ether oxygens (including phenoxy) is 1. The molecule has 0 aliphatic carbocycles. The van der Waals surface area contributed by atoms with Crippen LogP contribution in [0.5, 0.6) is 0 Å². The number of esters is 1. The van der Waals surface area contributed by atoms with Gasteiger partial charge in [0.25, 0.3) is 5.91 Å². The first-order chi connectivity index (χ1) is 10.5. The maximum atomic E-state index is 11.9. The van der Waals surface area contributed by atoms with E-state index >= 15 is 0 Å². The van der Waals surface area contributed by atoms with E-state index in [2.05, 4.69) is 15.4 Å². The predicted molar refractivity (Wildman–Crippen MR) is 83.5 cm³/mol. The summed E-state index contributed by atoms with van der Waals surface area (Å²) in [5.74, 6) is -0.970. The molecular weight excluding hydrogens is 284 g/mol. The SMILES string of the molecule is CCCC(C)C(=O)Nc1ccc(C(=O)NCC(=O)OC)cc1. The second kappa shape index (κ2) is 8.81. The Bertz CT molecular complexity index is 525. The second-order valence-corrected chi connectivity index (χ2v) is 5.02. The van der Waals surface area contributed by atoms with E-state index in [0.717, 1.165) is 12.8 Å². The third kappa shape index (κ3) is 5.55. The van der Waals surface area contributed by atoms with Crippen molar-refractivity contribution in [3.05, 3.63) is 29.8 Å². The lowest BCUT2D eigenvalue weighted by atomic mass is 10.1. The number of amides is 2. The number of hydrogen-bond donors (Lipinski definition) is 2. The summed E-state index contributed by atoms with van der Waals surface area (Å²) in [6, 6.07) is 6.49. The highest BCUT2D eigenvalue weighted by molar-refractivity contribution is 5.97. The molecule has 1 aromatic rings. The highest BCUT2D eigenvalue weighted by Crippen LogP contribution is 2.13. The minimum atomic E-state index is -0.512. The first-order valence-electron chi connectivity index (χ1n) is 7.23. The molecule has 0 saturated heterocycles. The van der Waals surface area contributed by atoms with Crippen molar-refractivity contribution in [2.45, 2.75) is 26.7 Å². The summed E-state index contributed by atoms with van der Waals surface area (Å²) in [6.45, 7) is 3.74. The number of carbonyl (C=O) groups excluding carboxylic acids is 3. The highest BCUT2D eigenvalue weighted by atomic mass is 16.5. The zero-order chi connectivity index (χ0) is 16.5. The molecule has 1 aromatic carbocycles. The maximum Gasteiger partial charge on any atom is 0.325 e. The summed E-state index contributed by atoms with van der Waals surface area (Å²) in [5.41, 5.74) is 1.04. The number of methoxy groups -OCH3 is 1. The molecule has 0 saturated carbocycles. The molecule has 0 heterocycles. The molecule has 0 aliphatic rings. The van der Waals surface area contributed by atoms with Crippen molar-refractivity contribution in [3.63, 3.8) is 0 Å². The molecule has 6 nitrogen and oxygen atoms in total. The molecule has 0 radical (unpaired) electrons. The van der Waals surface area contributed by atoms with Gasteiger partial charge in [0.2, 0.25) is 5.91 Å². The number of nitrogens with one attached hydrogen (secondary N) is 2. The lowest BCUT2D eigenvalue weighted by Crippen LogP contribution is -2.30. The van der Waals surface area contributed by atoms with Gasteiger partial charge in [0, 0.05) is 17.2 Å². The van der Waals surface area contributed by atoms with E-state index in [0.29, 0.717) is 11.3 Å². The minimum absolute atomic E-state index is 0.0373. The van der Waals surface area contributed by atoms with Crippen LogP contribution >= 0.6 is 0 Å². The molecule has 1 atom stereocenters. The second-order valence-electron chi connectivity index (χ2n) is 5.02. The van der Waals surface area contributed by atoms with Crippen molar-refractivity contribution in [2.75, 3.05) is 19.0 Å². The normalized spacial score (nSPS) is 11.4. The van der Waals surface area contributed by atoms with Crippen LogP contribution in [0.2, 0.25) is 0 Å². The van der Waals surface area contributed by atoms with Crippen LogP contribution in [0.15, 0.2) is 24.3 Å². The monoisotopic (exact) mass is 306 g/mol. The van der Waals surface area contributed by atoms with Gasteiger partial charge in [-0.1, -0.05) is 20.3 Å². The number of anilines is 1. The van der Waals surface area contributed by atoms with Crippen LogP contribution in [0, 0.1) is 5.92 Å². The van der Waals surface area contributed by atoms with E-state index in [1.54, 1.807) is 24.3 Å². The summed E-state index contributed by atoms with van der Waals surface area (Å²) >= 11 is 0. The van der Waals surface area contributed by atoms with Gasteiger partial charge in [-0.15, -0.1) is 0 Å². The third-order valence-corrected chi connectivity index (χ3v) is 3.20. The van der Waals surface area contributed by atoms with Crippen molar-refractivity contribution in [2.24, 2.45) is 5.92 Å². The molecule has 2 amide bonds. The van der Waals surface area contributed by atoms with E-state index in [1.165, 1.54) is 7.11 Å². The lowest BCUT2D eigenvalue weighted by Gasteiger charge is -2.11. The summed E-state index contributed by atoms with van der Waals surface area (Å²) in [4.78, 5) is 34.6. The van der Waals surface area contributed by atoms with Crippen molar-refractivity contribution < 1.29 is 19.1 Å². The minimum Gasteiger partial charge on any atom is -0.468 e. The summed E-state index contributed by atoms with van der Waals surface area (Å²) in [6.07, 6.45) is 1.79. The Morgan fingerprint density at radius 1 is 1.18 bits per heavy atom. The first-order valence-corrected chi connectivity index (χ1v) is 7.23. The average Bonchev–Trinajstić information content (AvgIpc) is 2.53. The van der Waals surface area contributed by atoms with Gasteiger partial charge in [0.15, 0.2) is 0 Å². The fourth-order valence-corrected chi connectivity index (χ4v) is 1.86. The van der Waals surface area contributed by atoms with Crippen molar-refractivity contribution in [1.82, 2.24) is 5.32 Å². The topological polar surface area (TPSA) is 84.5 Å². The number of hydrogen-bond acceptors (Lipinski definition) is 4. The third-order valence-electron chi connectivity index (χ3n) is 3.20. The highest BCUT2D eigenvalue weighted by Gasteiger charge is 2.12. The fourth-order valence-electron chi connectivity index (χ4n) is 1.86. The molecule has 120 valence electrons. The molecule has 0 bridgehead atoms. The Morgan fingerprint density at radius 2 is 1.82 bits per heavy atom. The summed E-state index contributed by atoms with van der Waals surface area (Å²) in [5, 5.41) is 5.25. The van der Waals surface area contributed by atoms with E-state index in [-0.39, 0.29) is 24.3 Å². The molecule has 22 heavy (non-hydrogen) atoms. The van der Waals surface area contributed by atoms with Crippen LogP contribution in [0.4, 0.5) is 5.69 Å². The van der Waals surface area contributed by atoms with E-state index in [1.807, 2.05) is 13.8 Å². The zero-order valence-electron chi connectivity index (χ0n) is 13.1. The van der Waals surface area contributed by atoms with Crippen LogP contribution in [0.25, 0.3) is 0 Å². The van der Waals surface area contributed by atoms with Crippen molar-refractivity contribution >= 4 is 23.5 Å². The Kier molecular flexibility index (Phi) is 7.08. The molecule has 0 fully saturated rings. The van der Waals surface area contributed by atoms with Crippen LogP contribution in [-0.4, -0.2) is 31.4 Å². The summed E-state index contributed by atoms with van der Waals surface area (Å²) < 4.78 is 4.44. The molecule has 0 spiro atoms. The largest absolute Gasteiger partial charge is 0.468 e. The van der Waals surface area contributed by atoms with E-state index < -0.39 is 5.97 Å². The van der Waals surface area contributed by atoms with Gasteiger partial charge >= 0.3 is 5.97 Å². The molecule has 0 aromatic heterocycles. The van der Waals surface area contributed by atoms with Gasteiger partial charge in [-0.05, 0) is 30.7 Å².